The maximum Gasteiger partial charge on any atom is 0.318 e. The molecule has 1 fully saturated rings. The molecule has 1 aliphatic rings. The Balaban J connectivity index is 1.91. The Hall–Kier alpha value is -1.66. The Morgan fingerprint density at radius 2 is 2.17 bits per heavy atom. The number of nitrogens with zero attached hydrogens (tertiary/aromatic N) is 2. The third-order valence-electron chi connectivity index (χ3n) is 4.32. The predicted molar refractivity (Wildman–Crippen MR) is 92.2 cm³/mol. The monoisotopic (exact) mass is 337 g/mol. The molecule has 24 heavy (non-hydrogen) atoms. The van der Waals surface area contributed by atoms with E-state index >= 15 is 0 Å². The highest BCUT2D eigenvalue weighted by Gasteiger charge is 2.23. The highest BCUT2D eigenvalue weighted by atomic mass is 19.1. The standard InChI is InChI=1S/C18H28FN3O2/c1-2-9-21-10-3-4-17(14-21)20-18(24)22(11-12-23)13-15-5-7-16(19)8-6-15/h5-8,17,23H,2-4,9-14H2,1H3,(H,20,24). The molecule has 0 aromatic heterocycles. The van der Waals surface area contributed by atoms with Crippen LogP contribution >= 0.6 is 0 Å². The number of carbonyl (C=O) groups excluding carboxylic acids is 1. The Labute approximate surface area is 143 Å². The van der Waals surface area contributed by atoms with E-state index in [4.69, 9.17) is 0 Å². The summed E-state index contributed by atoms with van der Waals surface area (Å²) in [5, 5.41) is 12.3. The summed E-state index contributed by atoms with van der Waals surface area (Å²) in [4.78, 5) is 16.5. The highest BCUT2D eigenvalue weighted by molar-refractivity contribution is 5.74. The third kappa shape index (κ3) is 5.76. The van der Waals surface area contributed by atoms with Crippen LogP contribution in [-0.4, -0.2) is 59.8 Å². The van der Waals surface area contributed by atoms with Crippen molar-refractivity contribution in [3.8, 4) is 0 Å². The normalized spacial score (nSPS) is 18.4. The number of piperidine rings is 1. The van der Waals surface area contributed by atoms with Crippen LogP contribution in [0.5, 0.6) is 0 Å². The van der Waals surface area contributed by atoms with Gasteiger partial charge >= 0.3 is 6.03 Å². The second-order valence-corrected chi connectivity index (χ2v) is 6.36. The van der Waals surface area contributed by atoms with Gasteiger partial charge in [-0.25, -0.2) is 9.18 Å². The molecule has 1 atom stereocenters. The number of likely N-dealkylation sites (tertiary alicyclic amines) is 1. The van der Waals surface area contributed by atoms with E-state index in [0.717, 1.165) is 44.5 Å². The first-order valence-electron chi connectivity index (χ1n) is 8.75. The average Bonchev–Trinajstić information content (AvgIpc) is 2.57. The van der Waals surface area contributed by atoms with Crippen LogP contribution in [-0.2, 0) is 6.54 Å². The number of hydrogen-bond donors (Lipinski definition) is 2. The fraction of sp³-hybridized carbons (Fsp3) is 0.611. The first kappa shape index (κ1) is 18.7. The average molecular weight is 337 g/mol. The molecule has 6 heteroatoms. The number of nitrogens with one attached hydrogen (secondary N) is 1. The number of hydrogen-bond acceptors (Lipinski definition) is 3. The molecule has 1 saturated heterocycles. The van der Waals surface area contributed by atoms with E-state index in [1.165, 1.54) is 12.1 Å². The lowest BCUT2D eigenvalue weighted by atomic mass is 10.1. The summed E-state index contributed by atoms with van der Waals surface area (Å²) in [5.41, 5.74) is 0.844. The largest absolute Gasteiger partial charge is 0.395 e. The van der Waals surface area contributed by atoms with Crippen LogP contribution in [0.2, 0.25) is 0 Å². The molecule has 5 nitrogen and oxygen atoms in total. The van der Waals surface area contributed by atoms with Crippen LogP contribution in [0.15, 0.2) is 24.3 Å². The maximum absolute atomic E-state index is 13.0. The van der Waals surface area contributed by atoms with Gasteiger partial charge in [0.25, 0.3) is 0 Å². The van der Waals surface area contributed by atoms with E-state index in [1.54, 1.807) is 17.0 Å². The van der Waals surface area contributed by atoms with Gasteiger partial charge in [0.15, 0.2) is 0 Å². The molecule has 0 bridgehead atoms. The number of aliphatic hydroxyl groups excluding tert-OH is 1. The van der Waals surface area contributed by atoms with Crippen molar-refractivity contribution in [2.45, 2.75) is 38.8 Å². The maximum atomic E-state index is 13.0. The Bertz CT molecular complexity index is 507. The number of benzene rings is 1. The van der Waals surface area contributed by atoms with Crippen LogP contribution in [0.1, 0.15) is 31.7 Å². The van der Waals surface area contributed by atoms with E-state index in [-0.39, 0.29) is 31.0 Å². The molecule has 0 saturated carbocycles. The van der Waals surface area contributed by atoms with Gasteiger partial charge in [0.1, 0.15) is 5.82 Å². The minimum atomic E-state index is -0.296. The lowest BCUT2D eigenvalue weighted by molar-refractivity contribution is 0.154. The van der Waals surface area contributed by atoms with Gasteiger partial charge in [-0.2, -0.15) is 0 Å². The van der Waals surface area contributed by atoms with Crippen molar-refractivity contribution in [3.63, 3.8) is 0 Å². The molecule has 1 aromatic carbocycles. The fourth-order valence-corrected chi connectivity index (χ4v) is 3.14. The summed E-state index contributed by atoms with van der Waals surface area (Å²) in [7, 11) is 0. The number of halogens is 1. The molecule has 2 rings (SSSR count). The Morgan fingerprint density at radius 1 is 1.42 bits per heavy atom. The van der Waals surface area contributed by atoms with Gasteiger partial charge in [-0.15, -0.1) is 0 Å². The Morgan fingerprint density at radius 3 is 2.83 bits per heavy atom. The van der Waals surface area contributed by atoms with E-state index in [9.17, 15) is 14.3 Å². The minimum Gasteiger partial charge on any atom is -0.395 e. The number of aliphatic hydroxyl groups is 1. The lowest BCUT2D eigenvalue weighted by Crippen LogP contribution is -2.51. The topological polar surface area (TPSA) is 55.8 Å². The van der Waals surface area contributed by atoms with Crippen molar-refractivity contribution < 1.29 is 14.3 Å². The second kappa shape index (κ2) is 9.59. The van der Waals surface area contributed by atoms with Crippen molar-refractivity contribution in [1.82, 2.24) is 15.1 Å². The summed E-state index contributed by atoms with van der Waals surface area (Å²) in [6, 6.07) is 6.07. The second-order valence-electron chi connectivity index (χ2n) is 6.36. The first-order chi connectivity index (χ1) is 11.6. The van der Waals surface area contributed by atoms with Crippen molar-refractivity contribution >= 4 is 6.03 Å². The van der Waals surface area contributed by atoms with Crippen LogP contribution in [0, 0.1) is 5.82 Å². The zero-order valence-corrected chi connectivity index (χ0v) is 14.4. The molecular weight excluding hydrogens is 309 g/mol. The van der Waals surface area contributed by atoms with Gasteiger partial charge in [0, 0.05) is 25.7 Å². The van der Waals surface area contributed by atoms with Crippen LogP contribution in [0.4, 0.5) is 9.18 Å². The SMILES string of the molecule is CCCN1CCCC(NC(=O)N(CCO)Cc2ccc(F)cc2)C1. The van der Waals surface area contributed by atoms with Crippen molar-refractivity contribution in [1.29, 1.82) is 0 Å². The Kier molecular flexibility index (Phi) is 7.46. The third-order valence-corrected chi connectivity index (χ3v) is 4.32. The molecule has 1 unspecified atom stereocenters. The van der Waals surface area contributed by atoms with Crippen LogP contribution in [0.3, 0.4) is 0 Å². The van der Waals surface area contributed by atoms with E-state index in [2.05, 4.69) is 17.1 Å². The first-order valence-corrected chi connectivity index (χ1v) is 8.75. The van der Waals surface area contributed by atoms with Crippen LogP contribution < -0.4 is 5.32 Å². The van der Waals surface area contributed by atoms with E-state index in [0.29, 0.717) is 6.54 Å². The van der Waals surface area contributed by atoms with Gasteiger partial charge in [0.05, 0.1) is 6.61 Å². The molecule has 1 heterocycles. The summed E-state index contributed by atoms with van der Waals surface area (Å²) in [6.07, 6.45) is 3.18. The molecular formula is C18H28FN3O2. The van der Waals surface area contributed by atoms with Gasteiger partial charge in [-0.3, -0.25) is 0 Å². The summed E-state index contributed by atoms with van der Waals surface area (Å²) >= 11 is 0. The fourth-order valence-electron chi connectivity index (χ4n) is 3.14. The molecule has 0 radical (unpaired) electrons. The number of rotatable bonds is 7. The predicted octanol–water partition coefficient (Wildman–Crippen LogP) is 2.20. The highest BCUT2D eigenvalue weighted by Crippen LogP contribution is 2.12. The molecule has 1 aliphatic heterocycles. The molecule has 2 amide bonds. The van der Waals surface area contributed by atoms with Crippen molar-refractivity contribution in [2.24, 2.45) is 0 Å². The molecule has 1 aromatic rings. The summed E-state index contributed by atoms with van der Waals surface area (Å²) < 4.78 is 13.0. The zero-order chi connectivity index (χ0) is 17.4. The zero-order valence-electron chi connectivity index (χ0n) is 14.4. The minimum absolute atomic E-state index is 0.0960. The molecule has 2 N–H and O–H groups in total. The number of urea groups is 1. The van der Waals surface area contributed by atoms with Gasteiger partial charge < -0.3 is 20.2 Å². The van der Waals surface area contributed by atoms with E-state index in [1.807, 2.05) is 0 Å². The smallest absolute Gasteiger partial charge is 0.318 e. The molecule has 0 aliphatic carbocycles. The number of carbonyl (C=O) groups is 1. The van der Waals surface area contributed by atoms with Gasteiger partial charge in [-0.05, 0) is 50.0 Å². The van der Waals surface area contributed by atoms with Gasteiger partial charge in [-0.1, -0.05) is 19.1 Å². The molecule has 0 spiro atoms. The van der Waals surface area contributed by atoms with Crippen molar-refractivity contribution in [2.75, 3.05) is 32.8 Å². The number of amides is 2. The van der Waals surface area contributed by atoms with Crippen LogP contribution in [0.25, 0.3) is 0 Å². The van der Waals surface area contributed by atoms with Gasteiger partial charge in [0.2, 0.25) is 0 Å². The van der Waals surface area contributed by atoms with Crippen molar-refractivity contribution in [3.05, 3.63) is 35.6 Å². The summed E-state index contributed by atoms with van der Waals surface area (Å²) in [6.45, 7) is 5.71. The lowest BCUT2D eigenvalue weighted by Gasteiger charge is -2.34. The van der Waals surface area contributed by atoms with E-state index < -0.39 is 0 Å². The quantitative estimate of drug-likeness (QED) is 0.802. The summed E-state index contributed by atoms with van der Waals surface area (Å²) in [5.74, 6) is -0.296. The molecule has 134 valence electrons.